The van der Waals surface area contributed by atoms with Crippen molar-refractivity contribution in [3.8, 4) is 0 Å². The first-order valence-electron chi connectivity index (χ1n) is 14.1. The molecule has 4 atom stereocenters. The van der Waals surface area contributed by atoms with Crippen LogP contribution in [0.15, 0.2) is 31.2 Å². The van der Waals surface area contributed by atoms with Crippen LogP contribution in [0.25, 0.3) is 11.2 Å². The maximum atomic E-state index is 11.1. The number of anilines is 2. The molecule has 210 valence electrons. The van der Waals surface area contributed by atoms with E-state index in [0.29, 0.717) is 35.9 Å². The molecule has 12 heteroatoms. The van der Waals surface area contributed by atoms with Crippen molar-refractivity contribution in [1.82, 2.24) is 38.9 Å². The molecule has 1 fully saturated rings. The van der Waals surface area contributed by atoms with Crippen molar-refractivity contribution in [2.45, 2.75) is 96.7 Å². The molecule has 0 unspecified atom stereocenters. The molecule has 4 heterocycles. The topological polar surface area (TPSA) is 144 Å². The van der Waals surface area contributed by atoms with Crippen LogP contribution in [-0.2, 0) is 19.4 Å². The van der Waals surface area contributed by atoms with E-state index in [0.717, 1.165) is 43.5 Å². The lowest BCUT2D eigenvalue weighted by Crippen LogP contribution is -2.30. The third-order valence-corrected chi connectivity index (χ3v) is 7.85. The van der Waals surface area contributed by atoms with Crippen molar-refractivity contribution < 1.29 is 10.2 Å². The van der Waals surface area contributed by atoms with Gasteiger partial charge in [0.1, 0.15) is 12.2 Å². The summed E-state index contributed by atoms with van der Waals surface area (Å²) in [6.07, 6.45) is 11.4. The number of aryl methyl sites for hydroxylation is 2. The summed E-state index contributed by atoms with van der Waals surface area (Å²) < 4.78 is 5.70. The molecule has 1 aliphatic carbocycles. The SMILES string of the molecule is CCc1cnn([C@H]2C[C@@H](n3cnc4c(NC(CC)CC)nc(NCCc5cn(CC)cn5)nc43)[C@H](O)[C@@H]2O)c1. The Morgan fingerprint density at radius 3 is 2.49 bits per heavy atom. The Morgan fingerprint density at radius 1 is 1.00 bits per heavy atom. The van der Waals surface area contributed by atoms with Crippen LogP contribution in [0.5, 0.6) is 0 Å². The summed E-state index contributed by atoms with van der Waals surface area (Å²) in [5.41, 5.74) is 3.36. The van der Waals surface area contributed by atoms with E-state index in [1.54, 1.807) is 11.0 Å². The van der Waals surface area contributed by atoms with Gasteiger partial charge in [0.15, 0.2) is 17.0 Å². The minimum absolute atomic E-state index is 0.245. The van der Waals surface area contributed by atoms with Crippen molar-refractivity contribution in [3.63, 3.8) is 0 Å². The molecule has 0 aromatic carbocycles. The number of fused-ring (bicyclic) bond motifs is 1. The Hall–Kier alpha value is -3.51. The maximum Gasteiger partial charge on any atom is 0.226 e. The molecular formula is C27H40N10O2. The van der Waals surface area contributed by atoms with Gasteiger partial charge in [0, 0.05) is 37.9 Å². The highest BCUT2D eigenvalue weighted by Gasteiger charge is 2.44. The molecule has 0 spiro atoms. The van der Waals surface area contributed by atoms with Crippen LogP contribution >= 0.6 is 0 Å². The minimum atomic E-state index is -0.989. The first-order valence-corrected chi connectivity index (χ1v) is 14.1. The van der Waals surface area contributed by atoms with Crippen molar-refractivity contribution >= 4 is 22.9 Å². The van der Waals surface area contributed by atoms with Gasteiger partial charge in [-0.1, -0.05) is 20.8 Å². The van der Waals surface area contributed by atoms with Crippen LogP contribution in [0.2, 0.25) is 0 Å². The summed E-state index contributed by atoms with van der Waals surface area (Å²) in [4.78, 5) is 18.7. The monoisotopic (exact) mass is 536 g/mol. The van der Waals surface area contributed by atoms with Crippen LogP contribution in [0.3, 0.4) is 0 Å². The lowest BCUT2D eigenvalue weighted by molar-refractivity contribution is 0.00721. The number of imidazole rings is 2. The molecule has 4 N–H and O–H groups in total. The predicted molar refractivity (Wildman–Crippen MR) is 150 cm³/mol. The first-order chi connectivity index (χ1) is 18.9. The van der Waals surface area contributed by atoms with Gasteiger partial charge >= 0.3 is 0 Å². The van der Waals surface area contributed by atoms with E-state index in [1.807, 2.05) is 29.5 Å². The number of aliphatic hydroxyl groups excluding tert-OH is 2. The number of rotatable bonds is 12. The standard InChI is InChI=1S/C27H40N10O2/c1-5-17-12-31-37(13-17)21-11-20(23(38)24(21)39)36-16-30-22-25(32-18(6-2)7-3)33-27(34-26(22)36)28-10-9-19-14-35(8-4)15-29-19/h12-16,18,20-21,23-24,38-39H,5-11H2,1-4H3,(H2,28,32,33,34)/t20-,21+,23+,24-/m1/s1. The third kappa shape index (κ3) is 5.48. The first kappa shape index (κ1) is 27.1. The van der Waals surface area contributed by atoms with Gasteiger partial charge in [-0.15, -0.1) is 0 Å². The van der Waals surface area contributed by atoms with E-state index in [9.17, 15) is 10.2 Å². The fraction of sp³-hybridized carbons (Fsp3) is 0.593. The fourth-order valence-electron chi connectivity index (χ4n) is 5.30. The quantitative estimate of drug-likeness (QED) is 0.215. The maximum absolute atomic E-state index is 11.1. The molecule has 0 bridgehead atoms. The van der Waals surface area contributed by atoms with Crippen LogP contribution in [-0.4, -0.2) is 73.9 Å². The Morgan fingerprint density at radius 2 is 1.79 bits per heavy atom. The lowest BCUT2D eigenvalue weighted by Gasteiger charge is -2.19. The summed E-state index contributed by atoms with van der Waals surface area (Å²) in [5, 5.41) is 33.4. The largest absolute Gasteiger partial charge is 0.388 e. The van der Waals surface area contributed by atoms with Crippen molar-refractivity contribution in [2.24, 2.45) is 0 Å². The van der Waals surface area contributed by atoms with Gasteiger partial charge in [0.25, 0.3) is 0 Å². The van der Waals surface area contributed by atoms with E-state index in [1.165, 1.54) is 0 Å². The number of hydrogen-bond acceptors (Lipinski definition) is 9. The van der Waals surface area contributed by atoms with E-state index < -0.39 is 18.2 Å². The highest BCUT2D eigenvalue weighted by atomic mass is 16.3. The molecule has 12 nitrogen and oxygen atoms in total. The smallest absolute Gasteiger partial charge is 0.226 e. The van der Waals surface area contributed by atoms with Crippen LogP contribution in [0, 0.1) is 0 Å². The number of hydrogen-bond donors (Lipinski definition) is 4. The molecule has 0 saturated heterocycles. The molecule has 4 aromatic heterocycles. The second-order valence-corrected chi connectivity index (χ2v) is 10.3. The van der Waals surface area contributed by atoms with E-state index in [-0.39, 0.29) is 12.1 Å². The minimum Gasteiger partial charge on any atom is -0.388 e. The third-order valence-electron chi connectivity index (χ3n) is 7.85. The lowest BCUT2D eigenvalue weighted by atomic mass is 10.2. The van der Waals surface area contributed by atoms with Gasteiger partial charge in [-0.05, 0) is 38.2 Å². The number of nitrogens with zero attached hydrogens (tertiary/aromatic N) is 8. The van der Waals surface area contributed by atoms with Gasteiger partial charge in [0.05, 0.1) is 36.6 Å². The summed E-state index contributed by atoms with van der Waals surface area (Å²) in [6.45, 7) is 9.95. The van der Waals surface area contributed by atoms with Crippen LogP contribution < -0.4 is 10.6 Å². The summed E-state index contributed by atoms with van der Waals surface area (Å²) in [7, 11) is 0. The molecule has 4 aromatic rings. The zero-order valence-electron chi connectivity index (χ0n) is 23.2. The molecular weight excluding hydrogens is 496 g/mol. The molecule has 1 saturated carbocycles. The van der Waals surface area contributed by atoms with Crippen molar-refractivity contribution in [3.05, 3.63) is 42.5 Å². The molecule has 39 heavy (non-hydrogen) atoms. The average Bonchev–Trinajstić information content (AvgIpc) is 3.75. The van der Waals surface area contributed by atoms with Gasteiger partial charge in [-0.2, -0.15) is 15.1 Å². The molecule has 1 aliphatic rings. The Bertz CT molecular complexity index is 1370. The van der Waals surface area contributed by atoms with Crippen molar-refractivity contribution in [1.29, 1.82) is 0 Å². The zero-order chi connectivity index (χ0) is 27.5. The van der Waals surface area contributed by atoms with Gasteiger partial charge in [-0.25, -0.2) is 9.97 Å². The Balaban J connectivity index is 1.44. The average molecular weight is 537 g/mol. The number of nitrogens with one attached hydrogen (secondary N) is 2. The molecule has 5 rings (SSSR count). The van der Waals surface area contributed by atoms with Crippen LogP contribution in [0.1, 0.15) is 70.3 Å². The summed E-state index contributed by atoms with van der Waals surface area (Å²) >= 11 is 0. The number of aromatic nitrogens is 8. The highest BCUT2D eigenvalue weighted by molar-refractivity contribution is 5.84. The normalized spacial score (nSPS) is 21.3. The van der Waals surface area contributed by atoms with Crippen LogP contribution in [0.4, 0.5) is 11.8 Å². The van der Waals surface area contributed by atoms with Crippen molar-refractivity contribution in [2.75, 3.05) is 17.2 Å². The second-order valence-electron chi connectivity index (χ2n) is 10.3. The summed E-state index contributed by atoms with van der Waals surface area (Å²) in [6, 6.07) is -0.506. The fourth-order valence-corrected chi connectivity index (χ4v) is 5.30. The number of aliphatic hydroxyl groups is 2. The Kier molecular flexibility index (Phi) is 8.12. The molecule has 0 radical (unpaired) electrons. The zero-order valence-corrected chi connectivity index (χ0v) is 23.2. The van der Waals surface area contributed by atoms with E-state index >= 15 is 0 Å². The molecule has 0 amide bonds. The van der Waals surface area contributed by atoms with Gasteiger partial charge < -0.3 is 30.0 Å². The molecule has 0 aliphatic heterocycles. The van der Waals surface area contributed by atoms with Gasteiger partial charge in [-0.3, -0.25) is 4.68 Å². The predicted octanol–water partition coefficient (Wildman–Crippen LogP) is 2.96. The van der Waals surface area contributed by atoms with E-state index in [4.69, 9.17) is 9.97 Å². The highest BCUT2D eigenvalue weighted by Crippen LogP contribution is 2.40. The van der Waals surface area contributed by atoms with E-state index in [2.05, 4.69) is 58.0 Å². The van der Waals surface area contributed by atoms with Gasteiger partial charge in [0.2, 0.25) is 5.95 Å². The summed E-state index contributed by atoms with van der Waals surface area (Å²) in [5.74, 6) is 1.14. The Labute approximate surface area is 228 Å². The second kappa shape index (κ2) is 11.7.